The van der Waals surface area contributed by atoms with Crippen LogP contribution in [0.15, 0.2) is 94.9 Å². The molecule has 0 aliphatic carbocycles. The molecule has 0 saturated heterocycles. The molecule has 0 N–H and O–H groups in total. The Kier molecular flexibility index (Phi) is 3.13. The minimum absolute atomic E-state index is 1.06. The Balaban J connectivity index is 1.83. The zero-order valence-corrected chi connectivity index (χ0v) is 16.7. The van der Waals surface area contributed by atoms with Gasteiger partial charge in [0.1, 0.15) is 0 Å². The molecule has 0 amide bonds. The highest BCUT2D eigenvalue weighted by Gasteiger charge is 2.39. The van der Waals surface area contributed by atoms with Gasteiger partial charge in [-0.25, -0.2) is 0 Å². The van der Waals surface area contributed by atoms with Gasteiger partial charge in [-0.2, -0.15) is 10.0 Å². The number of fused-ring (bicyclic) bond motifs is 2. The quantitative estimate of drug-likeness (QED) is 0.311. The van der Waals surface area contributed by atoms with E-state index in [1.54, 1.807) is 0 Å². The number of nitrogens with zero attached hydrogens (tertiary/aromatic N) is 2. The Morgan fingerprint density at radius 3 is 2.25 bits per heavy atom. The van der Waals surface area contributed by atoms with Gasteiger partial charge in [0, 0.05) is 38.4 Å². The third-order valence-corrected chi connectivity index (χ3v) is 8.80. The molecule has 1 aromatic heterocycles. The van der Waals surface area contributed by atoms with Crippen LogP contribution in [0.1, 0.15) is 0 Å². The van der Waals surface area contributed by atoms with E-state index in [2.05, 4.69) is 96.3 Å². The molecule has 2 aliphatic heterocycles. The highest BCUT2D eigenvalue weighted by Crippen LogP contribution is 2.71. The van der Waals surface area contributed by atoms with E-state index in [1.165, 1.54) is 43.5 Å². The van der Waals surface area contributed by atoms with Gasteiger partial charge in [-0.1, -0.05) is 42.5 Å². The topological polar surface area (TPSA) is 16.1 Å². The van der Waals surface area contributed by atoms with Crippen LogP contribution in [0, 0.1) is 0 Å². The minimum Gasteiger partial charge on any atom is -0.309 e. The number of hydrogen-bond donors (Lipinski definition) is 0. The van der Waals surface area contributed by atoms with Crippen molar-refractivity contribution in [3.8, 4) is 22.4 Å². The van der Waals surface area contributed by atoms with Crippen molar-refractivity contribution in [2.75, 3.05) is 17.4 Å². The summed E-state index contributed by atoms with van der Waals surface area (Å²) in [6, 6.07) is 28.3. The molecule has 0 atom stereocenters. The maximum Gasteiger partial charge on any atom is 0.0813 e. The first-order valence-electron chi connectivity index (χ1n) is 9.48. The average molecular weight is 381 g/mol. The lowest BCUT2D eigenvalue weighted by Crippen LogP contribution is -2.11. The molecule has 0 bridgehead atoms. The fourth-order valence-electron chi connectivity index (χ4n) is 4.67. The molecule has 0 fully saturated rings. The lowest BCUT2D eigenvalue weighted by atomic mass is 9.99. The maximum absolute atomic E-state index is 4.89. The molecule has 3 heteroatoms. The second-order valence-corrected chi connectivity index (χ2v) is 11.2. The van der Waals surface area contributed by atoms with Gasteiger partial charge in [-0.15, -0.1) is 0 Å². The van der Waals surface area contributed by atoms with Crippen molar-refractivity contribution in [3.05, 3.63) is 85.1 Å². The van der Waals surface area contributed by atoms with Crippen LogP contribution in [0.25, 0.3) is 22.4 Å². The van der Waals surface area contributed by atoms with E-state index >= 15 is 0 Å². The average Bonchev–Trinajstić information content (AvgIpc) is 2.89. The van der Waals surface area contributed by atoms with E-state index in [0.717, 1.165) is 5.69 Å². The molecular weight excluding hydrogens is 360 g/mol. The van der Waals surface area contributed by atoms with Gasteiger partial charge in [0.05, 0.1) is 17.1 Å². The molecule has 2 aliphatic rings. The number of aromatic nitrogens is 1. The first-order chi connectivity index (χ1) is 13.7. The van der Waals surface area contributed by atoms with Crippen molar-refractivity contribution in [1.82, 2.24) is 4.98 Å². The second-order valence-electron chi connectivity index (χ2n) is 7.70. The van der Waals surface area contributed by atoms with Crippen LogP contribution >= 0.6 is 10.0 Å². The first-order valence-corrected chi connectivity index (χ1v) is 11.9. The predicted octanol–water partition coefficient (Wildman–Crippen LogP) is 6.99. The number of rotatable bonds is 1. The van der Waals surface area contributed by atoms with Gasteiger partial charge < -0.3 is 4.90 Å². The first kappa shape index (κ1) is 16.0. The lowest BCUT2D eigenvalue weighted by molar-refractivity contribution is 1.27. The number of hydrogen-bond acceptors (Lipinski definition) is 2. The Morgan fingerprint density at radius 1 is 0.679 bits per heavy atom. The summed E-state index contributed by atoms with van der Waals surface area (Å²) < 4.78 is 0. The molecule has 3 heterocycles. The van der Waals surface area contributed by atoms with Gasteiger partial charge in [0.15, 0.2) is 0 Å². The summed E-state index contributed by atoms with van der Waals surface area (Å²) in [4.78, 5) is 10.2. The number of benzene rings is 3. The molecular formula is C25H20N2S. The molecule has 6 rings (SSSR count). The molecule has 28 heavy (non-hydrogen) atoms. The molecule has 136 valence electrons. The van der Waals surface area contributed by atoms with E-state index in [0.29, 0.717) is 0 Å². The third-order valence-electron chi connectivity index (χ3n) is 5.92. The Bertz CT molecular complexity index is 1240. The largest absolute Gasteiger partial charge is 0.309 e. The van der Waals surface area contributed by atoms with Gasteiger partial charge in [0.25, 0.3) is 0 Å². The lowest BCUT2D eigenvalue weighted by Gasteiger charge is -2.31. The Morgan fingerprint density at radius 2 is 1.39 bits per heavy atom. The Hall–Kier alpha value is -3.04. The van der Waals surface area contributed by atoms with E-state index in [-0.39, 0.29) is 0 Å². The summed E-state index contributed by atoms with van der Waals surface area (Å²) in [7, 11) is -1.06. The highest BCUT2D eigenvalue weighted by molar-refractivity contribution is 8.33. The van der Waals surface area contributed by atoms with Gasteiger partial charge >= 0.3 is 0 Å². The van der Waals surface area contributed by atoms with Crippen molar-refractivity contribution in [2.24, 2.45) is 0 Å². The van der Waals surface area contributed by atoms with Crippen LogP contribution in [0.3, 0.4) is 0 Å². The summed E-state index contributed by atoms with van der Waals surface area (Å²) in [5, 5.41) is 0. The molecule has 0 saturated carbocycles. The van der Waals surface area contributed by atoms with E-state index in [9.17, 15) is 0 Å². The second kappa shape index (κ2) is 5.49. The van der Waals surface area contributed by atoms with Crippen LogP contribution in [-0.2, 0) is 0 Å². The van der Waals surface area contributed by atoms with Crippen molar-refractivity contribution < 1.29 is 0 Å². The smallest absolute Gasteiger partial charge is 0.0813 e. The van der Waals surface area contributed by atoms with E-state index < -0.39 is 10.0 Å². The zero-order chi connectivity index (χ0) is 18.9. The van der Waals surface area contributed by atoms with E-state index in [4.69, 9.17) is 4.98 Å². The van der Waals surface area contributed by atoms with Gasteiger partial charge in [-0.3, -0.25) is 4.98 Å². The van der Waals surface area contributed by atoms with Crippen LogP contribution in [0.2, 0.25) is 0 Å². The van der Waals surface area contributed by atoms with Crippen LogP contribution in [-0.4, -0.2) is 17.5 Å². The van der Waals surface area contributed by atoms with Crippen LogP contribution in [0.4, 0.5) is 17.1 Å². The van der Waals surface area contributed by atoms with Gasteiger partial charge in [-0.05, 0) is 48.9 Å². The zero-order valence-electron chi connectivity index (χ0n) is 15.9. The monoisotopic (exact) mass is 380 g/mol. The fraction of sp³-hybridized carbons (Fsp3) is 0.0800. The molecule has 3 aromatic carbocycles. The van der Waals surface area contributed by atoms with Crippen LogP contribution < -0.4 is 4.90 Å². The summed E-state index contributed by atoms with van der Waals surface area (Å²) >= 11 is 0. The van der Waals surface area contributed by atoms with Crippen LogP contribution in [0.5, 0.6) is 0 Å². The molecule has 0 radical (unpaired) electrons. The summed E-state index contributed by atoms with van der Waals surface area (Å²) in [6.45, 7) is 0. The molecule has 4 aromatic rings. The van der Waals surface area contributed by atoms with Crippen molar-refractivity contribution in [1.29, 1.82) is 0 Å². The summed E-state index contributed by atoms with van der Waals surface area (Å²) in [5.74, 6) is 0. The molecule has 0 spiro atoms. The standard InChI is InChI=1S/C25H20N2S/c1-28(2)21-14-8-13-20-23(21)24-22(28)15-16-26-25(24)18-11-6-7-12-19(18)27(20)17-9-4-3-5-10-17/h3-16H,1-2H3. The summed E-state index contributed by atoms with van der Waals surface area (Å²) in [6.07, 6.45) is 6.81. The summed E-state index contributed by atoms with van der Waals surface area (Å²) in [5.41, 5.74) is 8.62. The number of anilines is 3. The van der Waals surface area contributed by atoms with Crippen molar-refractivity contribution >= 4 is 27.1 Å². The predicted molar refractivity (Wildman–Crippen MR) is 119 cm³/mol. The van der Waals surface area contributed by atoms with E-state index in [1.807, 2.05) is 6.20 Å². The third kappa shape index (κ3) is 1.92. The Labute approximate surface area is 166 Å². The maximum atomic E-state index is 4.89. The number of pyridine rings is 1. The molecule has 0 unspecified atom stereocenters. The van der Waals surface area contributed by atoms with Gasteiger partial charge in [0.2, 0.25) is 0 Å². The number of para-hydroxylation sites is 2. The van der Waals surface area contributed by atoms with Crippen molar-refractivity contribution in [2.45, 2.75) is 9.79 Å². The van der Waals surface area contributed by atoms with Crippen molar-refractivity contribution in [3.63, 3.8) is 0 Å². The fourth-order valence-corrected chi connectivity index (χ4v) is 7.15. The minimum atomic E-state index is -1.06. The molecule has 2 nitrogen and oxygen atoms in total. The highest BCUT2D eigenvalue weighted by atomic mass is 32.3. The normalized spacial score (nSPS) is 16.1. The SMILES string of the molecule is CS1(C)c2cccc3c2-c2c1ccnc2-c1ccccc1N3c1ccccc1.